The number of aromatic nitrogens is 2. The molecule has 1 saturated heterocycles. The molecular weight excluding hydrogens is 358 g/mol. The van der Waals surface area contributed by atoms with E-state index in [1.807, 2.05) is 32.0 Å². The van der Waals surface area contributed by atoms with Crippen LogP contribution in [0.4, 0.5) is 22.7 Å². The topological polar surface area (TPSA) is 97.3 Å². The summed E-state index contributed by atoms with van der Waals surface area (Å²) in [5, 5.41) is 22.9. The molecule has 0 spiro atoms. The Morgan fingerprint density at radius 2 is 2.00 bits per heavy atom. The van der Waals surface area contributed by atoms with E-state index < -0.39 is 4.92 Å². The predicted octanol–water partition coefficient (Wildman–Crippen LogP) is 4.73. The minimum Gasteiger partial charge on any atom is -0.369 e. The summed E-state index contributed by atoms with van der Waals surface area (Å²) in [6.45, 7) is 8.02. The quantitative estimate of drug-likeness (QED) is 0.515. The molecule has 0 bridgehead atoms. The van der Waals surface area contributed by atoms with Crippen LogP contribution in [0.5, 0.6) is 0 Å². The number of nitro benzene ring substituents is 1. The molecule has 1 atom stereocenters. The third kappa shape index (κ3) is 3.26. The minimum absolute atomic E-state index is 0.122. The van der Waals surface area contributed by atoms with Gasteiger partial charge >= 0.3 is 5.69 Å². The Morgan fingerprint density at radius 1 is 1.21 bits per heavy atom. The zero-order valence-electron chi connectivity index (χ0n) is 16.2. The first-order valence-electron chi connectivity index (χ1n) is 9.47. The lowest BCUT2D eigenvalue weighted by atomic mass is 9.99. The number of piperidine rings is 1. The molecule has 0 amide bonds. The molecule has 146 valence electrons. The van der Waals surface area contributed by atoms with Crippen LogP contribution in [0.15, 0.2) is 28.9 Å². The van der Waals surface area contributed by atoms with Gasteiger partial charge in [0.05, 0.1) is 10.6 Å². The second-order valence-electron chi connectivity index (χ2n) is 7.63. The SMILES string of the molecule is Cc1ccc(Nc2cc(N3CCC[C@H](C)C3)c3nonc3c2[N+](=O)[O-])cc1C. The van der Waals surface area contributed by atoms with Crippen LogP contribution in [0.1, 0.15) is 30.9 Å². The largest absolute Gasteiger partial charge is 0.369 e. The van der Waals surface area contributed by atoms with Crippen LogP contribution in [0.2, 0.25) is 0 Å². The maximum absolute atomic E-state index is 11.8. The van der Waals surface area contributed by atoms with Crippen LogP contribution in [0, 0.1) is 29.9 Å². The zero-order valence-corrected chi connectivity index (χ0v) is 16.2. The van der Waals surface area contributed by atoms with E-state index >= 15 is 0 Å². The summed E-state index contributed by atoms with van der Waals surface area (Å²) in [6, 6.07) is 7.69. The number of rotatable bonds is 4. The second kappa shape index (κ2) is 7.10. The van der Waals surface area contributed by atoms with Gasteiger partial charge in [-0.2, -0.15) is 0 Å². The predicted molar refractivity (Wildman–Crippen MR) is 108 cm³/mol. The van der Waals surface area contributed by atoms with Crippen molar-refractivity contribution in [3.63, 3.8) is 0 Å². The molecule has 28 heavy (non-hydrogen) atoms. The normalized spacial score (nSPS) is 17.1. The third-order valence-electron chi connectivity index (χ3n) is 5.46. The molecular formula is C20H23N5O3. The van der Waals surface area contributed by atoms with E-state index in [-0.39, 0.29) is 11.2 Å². The summed E-state index contributed by atoms with van der Waals surface area (Å²) in [7, 11) is 0. The van der Waals surface area contributed by atoms with E-state index in [1.165, 1.54) is 12.0 Å². The third-order valence-corrected chi connectivity index (χ3v) is 5.46. The van der Waals surface area contributed by atoms with Crippen molar-refractivity contribution < 1.29 is 9.55 Å². The first-order chi connectivity index (χ1) is 13.4. The Morgan fingerprint density at radius 3 is 2.71 bits per heavy atom. The Bertz CT molecular complexity index is 1050. The van der Waals surface area contributed by atoms with Gasteiger partial charge in [-0.1, -0.05) is 13.0 Å². The number of aryl methyl sites for hydroxylation is 2. The van der Waals surface area contributed by atoms with E-state index in [4.69, 9.17) is 4.63 Å². The van der Waals surface area contributed by atoms with E-state index in [1.54, 1.807) is 6.07 Å². The monoisotopic (exact) mass is 381 g/mol. The van der Waals surface area contributed by atoms with Crippen molar-refractivity contribution in [3.8, 4) is 0 Å². The van der Waals surface area contributed by atoms with E-state index in [2.05, 4.69) is 27.5 Å². The summed E-state index contributed by atoms with van der Waals surface area (Å²) >= 11 is 0. The smallest absolute Gasteiger partial charge is 0.324 e. The number of hydrogen-bond donors (Lipinski definition) is 1. The van der Waals surface area contributed by atoms with Crippen molar-refractivity contribution in [3.05, 3.63) is 45.5 Å². The van der Waals surface area contributed by atoms with Crippen LogP contribution < -0.4 is 10.2 Å². The maximum Gasteiger partial charge on any atom is 0.324 e. The molecule has 1 N–H and O–H groups in total. The standard InChI is InChI=1S/C20H23N5O3/c1-12-5-4-8-24(11-12)17-10-16(21-15-7-6-13(2)14(3)9-15)20(25(26)27)19-18(17)22-28-23-19/h6-7,9-10,12,21H,4-5,8,11H2,1-3H3/t12-/m0/s1. The molecule has 1 aromatic heterocycles. The molecule has 1 fully saturated rings. The Balaban J connectivity index is 1.84. The molecule has 8 nitrogen and oxygen atoms in total. The van der Waals surface area contributed by atoms with Gasteiger partial charge in [-0.05, 0) is 72.2 Å². The first-order valence-corrected chi connectivity index (χ1v) is 9.47. The maximum atomic E-state index is 11.8. The molecule has 2 aromatic carbocycles. The first kappa shape index (κ1) is 18.2. The Kier molecular flexibility index (Phi) is 4.62. The van der Waals surface area contributed by atoms with Crippen LogP contribution >= 0.6 is 0 Å². The molecule has 1 aliphatic rings. The molecule has 0 saturated carbocycles. The molecule has 0 aliphatic carbocycles. The molecule has 0 radical (unpaired) electrons. The molecule has 4 rings (SSSR count). The van der Waals surface area contributed by atoms with Gasteiger partial charge in [0.15, 0.2) is 5.52 Å². The lowest BCUT2D eigenvalue weighted by molar-refractivity contribution is -0.382. The number of nitro groups is 1. The lowest BCUT2D eigenvalue weighted by Crippen LogP contribution is -2.34. The van der Waals surface area contributed by atoms with Crippen LogP contribution in [0.25, 0.3) is 11.0 Å². The highest BCUT2D eigenvalue weighted by atomic mass is 16.6. The van der Waals surface area contributed by atoms with Gasteiger partial charge in [0.1, 0.15) is 5.69 Å². The molecule has 0 unspecified atom stereocenters. The number of nitrogens with one attached hydrogen (secondary N) is 1. The summed E-state index contributed by atoms with van der Waals surface area (Å²) in [5.41, 5.74) is 4.77. The van der Waals surface area contributed by atoms with Gasteiger partial charge < -0.3 is 10.2 Å². The molecule has 8 heteroatoms. The van der Waals surface area contributed by atoms with Gasteiger partial charge in [-0.15, -0.1) is 0 Å². The summed E-state index contributed by atoms with van der Waals surface area (Å²) in [5.74, 6) is 0.551. The fraction of sp³-hybridized carbons (Fsp3) is 0.400. The van der Waals surface area contributed by atoms with Crippen molar-refractivity contribution in [2.75, 3.05) is 23.3 Å². The van der Waals surface area contributed by atoms with E-state index in [9.17, 15) is 10.1 Å². The van der Waals surface area contributed by atoms with Crippen LogP contribution in [-0.4, -0.2) is 28.3 Å². The lowest BCUT2D eigenvalue weighted by Gasteiger charge is -2.32. The number of fused-ring (bicyclic) bond motifs is 1. The van der Waals surface area contributed by atoms with Crippen molar-refractivity contribution in [1.82, 2.24) is 10.3 Å². The average Bonchev–Trinajstić information content (AvgIpc) is 3.13. The fourth-order valence-electron chi connectivity index (χ4n) is 3.82. The number of benzene rings is 2. The highest BCUT2D eigenvalue weighted by molar-refractivity contribution is 6.00. The van der Waals surface area contributed by atoms with Gasteiger partial charge in [-0.3, -0.25) is 10.1 Å². The van der Waals surface area contributed by atoms with Crippen molar-refractivity contribution >= 4 is 33.8 Å². The number of hydrogen-bond acceptors (Lipinski definition) is 7. The highest BCUT2D eigenvalue weighted by Crippen LogP contribution is 2.40. The Hall–Kier alpha value is -3.16. The Labute approximate surface area is 162 Å². The van der Waals surface area contributed by atoms with Gasteiger partial charge in [0, 0.05) is 18.8 Å². The van der Waals surface area contributed by atoms with Crippen molar-refractivity contribution in [2.24, 2.45) is 5.92 Å². The molecule has 3 aromatic rings. The average molecular weight is 381 g/mol. The summed E-state index contributed by atoms with van der Waals surface area (Å²) in [4.78, 5) is 13.6. The van der Waals surface area contributed by atoms with Crippen LogP contribution in [0.3, 0.4) is 0 Å². The second-order valence-corrected chi connectivity index (χ2v) is 7.63. The molecule has 1 aliphatic heterocycles. The van der Waals surface area contributed by atoms with Crippen LogP contribution in [-0.2, 0) is 0 Å². The summed E-state index contributed by atoms with van der Waals surface area (Å²) < 4.78 is 4.90. The zero-order chi connectivity index (χ0) is 19.8. The van der Waals surface area contributed by atoms with Gasteiger partial charge in [-0.25, -0.2) is 4.63 Å². The van der Waals surface area contributed by atoms with E-state index in [0.29, 0.717) is 17.1 Å². The van der Waals surface area contributed by atoms with Crippen molar-refractivity contribution in [2.45, 2.75) is 33.6 Å². The highest BCUT2D eigenvalue weighted by Gasteiger charge is 2.29. The minimum atomic E-state index is -0.432. The number of anilines is 3. The van der Waals surface area contributed by atoms with Gasteiger partial charge in [0.25, 0.3) is 0 Å². The van der Waals surface area contributed by atoms with Crippen molar-refractivity contribution in [1.29, 1.82) is 0 Å². The number of nitrogens with zero attached hydrogens (tertiary/aromatic N) is 4. The summed E-state index contributed by atoms with van der Waals surface area (Å²) in [6.07, 6.45) is 2.25. The fourth-order valence-corrected chi connectivity index (χ4v) is 3.82. The van der Waals surface area contributed by atoms with Gasteiger partial charge in [0.2, 0.25) is 5.52 Å². The van der Waals surface area contributed by atoms with E-state index in [0.717, 1.165) is 36.4 Å². The molecule has 2 heterocycles.